The van der Waals surface area contributed by atoms with E-state index in [9.17, 15) is 14.7 Å². The molecule has 1 aliphatic carbocycles. The van der Waals surface area contributed by atoms with Crippen molar-refractivity contribution in [2.24, 2.45) is 5.92 Å². The van der Waals surface area contributed by atoms with Gasteiger partial charge in [-0.2, -0.15) is 0 Å². The number of carboxylic acids is 1. The van der Waals surface area contributed by atoms with Crippen molar-refractivity contribution in [2.45, 2.75) is 38.1 Å². The first-order valence-electron chi connectivity index (χ1n) is 6.37. The zero-order valence-electron chi connectivity index (χ0n) is 10.4. The molecule has 0 spiro atoms. The minimum atomic E-state index is -1.00. The third-order valence-electron chi connectivity index (χ3n) is 3.47. The summed E-state index contributed by atoms with van der Waals surface area (Å²) in [5, 5.41) is 11.9. The molecular formula is C13H16ClNO4. The predicted octanol–water partition coefficient (Wildman–Crippen LogP) is 2.70. The van der Waals surface area contributed by atoms with Gasteiger partial charge in [-0.1, -0.05) is 19.3 Å². The zero-order chi connectivity index (χ0) is 13.8. The lowest BCUT2D eigenvalue weighted by molar-refractivity contribution is -0.141. The number of carboxylic acid groups (broad SMARTS) is 1. The highest BCUT2D eigenvalue weighted by molar-refractivity contribution is 6.29. The second-order valence-corrected chi connectivity index (χ2v) is 5.16. The predicted molar refractivity (Wildman–Crippen MR) is 69.2 cm³/mol. The number of aliphatic carboxylic acids is 1. The summed E-state index contributed by atoms with van der Waals surface area (Å²) in [4.78, 5) is 23.2. The maximum absolute atomic E-state index is 11.9. The first-order valence-corrected chi connectivity index (χ1v) is 6.74. The molecule has 0 aromatic carbocycles. The van der Waals surface area contributed by atoms with E-state index in [2.05, 4.69) is 5.32 Å². The lowest BCUT2D eigenvalue weighted by atomic mass is 9.84. The fraction of sp³-hybridized carbons (Fsp3) is 0.538. The Bertz CT molecular complexity index is 465. The molecule has 1 aromatic heterocycles. The molecule has 0 radical (unpaired) electrons. The van der Waals surface area contributed by atoms with Crippen LogP contribution in [0, 0.1) is 5.92 Å². The van der Waals surface area contributed by atoms with Crippen molar-refractivity contribution in [1.82, 2.24) is 5.32 Å². The van der Waals surface area contributed by atoms with Gasteiger partial charge in [-0.15, -0.1) is 0 Å². The molecule has 1 amide bonds. The Morgan fingerprint density at radius 3 is 2.53 bits per heavy atom. The van der Waals surface area contributed by atoms with Gasteiger partial charge in [0.1, 0.15) is 6.04 Å². The van der Waals surface area contributed by atoms with Crippen molar-refractivity contribution in [3.63, 3.8) is 0 Å². The van der Waals surface area contributed by atoms with Crippen LogP contribution in [0.5, 0.6) is 0 Å². The molecule has 1 fully saturated rings. The molecular weight excluding hydrogens is 270 g/mol. The van der Waals surface area contributed by atoms with Crippen LogP contribution in [0.4, 0.5) is 0 Å². The summed E-state index contributed by atoms with van der Waals surface area (Å²) in [6.07, 6.45) is 4.81. The topological polar surface area (TPSA) is 79.5 Å². The molecule has 1 saturated carbocycles. The number of nitrogens with one attached hydrogen (secondary N) is 1. The molecule has 1 heterocycles. The molecule has 0 aliphatic heterocycles. The SMILES string of the molecule is O=C(NC(C(=O)O)C1CCCCC1)c1ccc(Cl)o1. The number of halogens is 1. The molecule has 19 heavy (non-hydrogen) atoms. The van der Waals surface area contributed by atoms with Gasteiger partial charge in [-0.3, -0.25) is 4.79 Å². The van der Waals surface area contributed by atoms with Gasteiger partial charge in [0.15, 0.2) is 11.0 Å². The van der Waals surface area contributed by atoms with Crippen molar-refractivity contribution >= 4 is 23.5 Å². The van der Waals surface area contributed by atoms with Crippen molar-refractivity contribution in [3.8, 4) is 0 Å². The van der Waals surface area contributed by atoms with Crippen LogP contribution in [0.3, 0.4) is 0 Å². The number of carbonyl (C=O) groups is 2. The van der Waals surface area contributed by atoms with E-state index in [-0.39, 0.29) is 16.9 Å². The molecule has 2 rings (SSSR count). The smallest absolute Gasteiger partial charge is 0.326 e. The Labute approximate surface area is 115 Å². The normalized spacial score (nSPS) is 17.9. The zero-order valence-corrected chi connectivity index (χ0v) is 11.2. The molecule has 0 bridgehead atoms. The van der Waals surface area contributed by atoms with E-state index in [0.29, 0.717) is 0 Å². The minimum Gasteiger partial charge on any atom is -0.480 e. The largest absolute Gasteiger partial charge is 0.480 e. The maximum Gasteiger partial charge on any atom is 0.326 e. The van der Waals surface area contributed by atoms with Gasteiger partial charge in [0.25, 0.3) is 5.91 Å². The molecule has 0 saturated heterocycles. The highest BCUT2D eigenvalue weighted by Crippen LogP contribution is 2.27. The highest BCUT2D eigenvalue weighted by Gasteiger charge is 2.31. The minimum absolute atomic E-state index is 0.0133. The van der Waals surface area contributed by atoms with Crippen molar-refractivity contribution in [2.75, 3.05) is 0 Å². The van der Waals surface area contributed by atoms with Crippen LogP contribution in [-0.4, -0.2) is 23.0 Å². The average molecular weight is 286 g/mol. The molecule has 1 aromatic rings. The highest BCUT2D eigenvalue weighted by atomic mass is 35.5. The van der Waals surface area contributed by atoms with Gasteiger partial charge in [-0.25, -0.2) is 4.79 Å². The van der Waals surface area contributed by atoms with E-state index >= 15 is 0 Å². The fourth-order valence-electron chi connectivity index (χ4n) is 2.50. The standard InChI is InChI=1S/C13H16ClNO4/c14-10-7-6-9(19-10)12(16)15-11(13(17)18)8-4-2-1-3-5-8/h6-8,11H,1-5H2,(H,15,16)(H,17,18). The number of hydrogen-bond donors (Lipinski definition) is 2. The van der Waals surface area contributed by atoms with Gasteiger partial charge in [0, 0.05) is 0 Å². The Morgan fingerprint density at radius 2 is 2.00 bits per heavy atom. The summed E-state index contributed by atoms with van der Waals surface area (Å²) in [6, 6.07) is 2.02. The Kier molecular flexibility index (Phi) is 4.47. The lowest BCUT2D eigenvalue weighted by Gasteiger charge is -2.27. The summed E-state index contributed by atoms with van der Waals surface area (Å²) < 4.78 is 4.97. The first kappa shape index (κ1) is 13.9. The number of rotatable bonds is 4. The molecule has 1 aliphatic rings. The van der Waals surface area contributed by atoms with Crippen molar-refractivity contribution in [3.05, 3.63) is 23.1 Å². The molecule has 2 N–H and O–H groups in total. The number of furan rings is 1. The van der Waals surface area contributed by atoms with Crippen LogP contribution < -0.4 is 5.32 Å². The fourth-order valence-corrected chi connectivity index (χ4v) is 2.64. The molecule has 6 heteroatoms. The van der Waals surface area contributed by atoms with Crippen LogP contribution in [0.25, 0.3) is 0 Å². The van der Waals surface area contributed by atoms with E-state index in [4.69, 9.17) is 16.0 Å². The van der Waals surface area contributed by atoms with Crippen LogP contribution >= 0.6 is 11.6 Å². The third kappa shape index (κ3) is 3.50. The summed E-state index contributed by atoms with van der Waals surface area (Å²) in [5.74, 6) is -1.52. The second kappa shape index (κ2) is 6.10. The van der Waals surface area contributed by atoms with E-state index in [1.54, 1.807) is 0 Å². The average Bonchev–Trinajstić information content (AvgIpc) is 2.83. The molecule has 5 nitrogen and oxygen atoms in total. The van der Waals surface area contributed by atoms with Gasteiger partial charge >= 0.3 is 5.97 Å². The van der Waals surface area contributed by atoms with E-state index in [1.807, 2.05) is 0 Å². The van der Waals surface area contributed by atoms with Crippen LogP contribution in [0.1, 0.15) is 42.7 Å². The monoisotopic (exact) mass is 285 g/mol. The molecule has 1 unspecified atom stereocenters. The third-order valence-corrected chi connectivity index (χ3v) is 3.67. The van der Waals surface area contributed by atoms with Gasteiger partial charge in [0.2, 0.25) is 0 Å². The van der Waals surface area contributed by atoms with Crippen LogP contribution in [-0.2, 0) is 4.79 Å². The van der Waals surface area contributed by atoms with E-state index in [1.165, 1.54) is 12.1 Å². The van der Waals surface area contributed by atoms with Crippen LogP contribution in [0.2, 0.25) is 5.22 Å². The number of amides is 1. The molecule has 1 atom stereocenters. The van der Waals surface area contributed by atoms with Crippen molar-refractivity contribution in [1.29, 1.82) is 0 Å². The van der Waals surface area contributed by atoms with E-state index in [0.717, 1.165) is 32.1 Å². The van der Waals surface area contributed by atoms with Gasteiger partial charge < -0.3 is 14.8 Å². The summed E-state index contributed by atoms with van der Waals surface area (Å²) in [5.41, 5.74) is 0. The summed E-state index contributed by atoms with van der Waals surface area (Å²) in [6.45, 7) is 0. The summed E-state index contributed by atoms with van der Waals surface area (Å²) in [7, 11) is 0. The maximum atomic E-state index is 11.9. The van der Waals surface area contributed by atoms with E-state index < -0.39 is 17.9 Å². The molecule has 104 valence electrons. The Balaban J connectivity index is 2.04. The number of carbonyl (C=O) groups excluding carboxylic acids is 1. The van der Waals surface area contributed by atoms with Crippen LogP contribution in [0.15, 0.2) is 16.5 Å². The quantitative estimate of drug-likeness (QED) is 0.891. The summed E-state index contributed by atoms with van der Waals surface area (Å²) >= 11 is 5.59. The first-order chi connectivity index (χ1) is 9.08. The Hall–Kier alpha value is -1.49. The Morgan fingerprint density at radius 1 is 1.32 bits per heavy atom. The lowest BCUT2D eigenvalue weighted by Crippen LogP contribution is -2.46. The number of hydrogen-bond acceptors (Lipinski definition) is 3. The second-order valence-electron chi connectivity index (χ2n) is 4.79. The van der Waals surface area contributed by atoms with Gasteiger partial charge in [-0.05, 0) is 42.5 Å². The van der Waals surface area contributed by atoms with Crippen molar-refractivity contribution < 1.29 is 19.1 Å². The van der Waals surface area contributed by atoms with Gasteiger partial charge in [0.05, 0.1) is 0 Å².